The van der Waals surface area contributed by atoms with Crippen LogP contribution in [0.15, 0.2) is 18.2 Å². The van der Waals surface area contributed by atoms with E-state index >= 15 is 0 Å². The number of nitrogens with one attached hydrogen (secondary N) is 1. The fourth-order valence-corrected chi connectivity index (χ4v) is 2.08. The number of aromatic hydroxyl groups is 1. The summed E-state index contributed by atoms with van der Waals surface area (Å²) >= 11 is 0. The molecule has 0 saturated heterocycles. The first-order valence-electron chi connectivity index (χ1n) is 5.43. The van der Waals surface area contributed by atoms with E-state index in [4.69, 9.17) is 4.74 Å². The third-order valence-corrected chi connectivity index (χ3v) is 3.24. The summed E-state index contributed by atoms with van der Waals surface area (Å²) in [6.45, 7) is 0. The fourth-order valence-electron chi connectivity index (χ4n) is 2.08. The van der Waals surface area contributed by atoms with Crippen LogP contribution in [0.3, 0.4) is 0 Å². The SMILES string of the molecule is COC(=O)C1(c2nc3ccc(O)cc3[nH]2)CC1. The number of aromatic nitrogens is 2. The van der Waals surface area contributed by atoms with Crippen molar-refractivity contribution in [1.29, 1.82) is 0 Å². The highest BCUT2D eigenvalue weighted by molar-refractivity contribution is 5.87. The lowest BCUT2D eigenvalue weighted by molar-refractivity contribution is -0.143. The van der Waals surface area contributed by atoms with E-state index in [1.54, 1.807) is 18.2 Å². The first-order valence-corrected chi connectivity index (χ1v) is 5.43. The Kier molecular flexibility index (Phi) is 1.92. The van der Waals surface area contributed by atoms with Crippen LogP contribution in [0.4, 0.5) is 0 Å². The van der Waals surface area contributed by atoms with Gasteiger partial charge in [-0.05, 0) is 25.0 Å². The first kappa shape index (κ1) is 10.1. The molecule has 0 unspecified atom stereocenters. The van der Waals surface area contributed by atoms with E-state index in [0.29, 0.717) is 5.82 Å². The maximum Gasteiger partial charge on any atom is 0.319 e. The van der Waals surface area contributed by atoms with Crippen molar-refractivity contribution < 1.29 is 14.6 Å². The zero-order valence-electron chi connectivity index (χ0n) is 9.36. The molecule has 1 heterocycles. The Morgan fingerprint density at radius 2 is 2.29 bits per heavy atom. The summed E-state index contributed by atoms with van der Waals surface area (Å²) in [7, 11) is 1.39. The lowest BCUT2D eigenvalue weighted by Gasteiger charge is -2.08. The highest BCUT2D eigenvalue weighted by atomic mass is 16.5. The largest absolute Gasteiger partial charge is 0.508 e. The highest BCUT2D eigenvalue weighted by Crippen LogP contribution is 2.48. The summed E-state index contributed by atoms with van der Waals surface area (Å²) in [5.41, 5.74) is 0.881. The van der Waals surface area contributed by atoms with Crippen molar-refractivity contribution >= 4 is 17.0 Å². The van der Waals surface area contributed by atoms with Gasteiger partial charge in [-0.2, -0.15) is 0 Å². The number of hydrogen-bond acceptors (Lipinski definition) is 4. The van der Waals surface area contributed by atoms with Gasteiger partial charge in [0.1, 0.15) is 17.0 Å². The zero-order valence-corrected chi connectivity index (χ0v) is 9.36. The monoisotopic (exact) mass is 232 g/mol. The van der Waals surface area contributed by atoms with E-state index < -0.39 is 5.41 Å². The van der Waals surface area contributed by atoms with Crippen LogP contribution in [0.25, 0.3) is 11.0 Å². The molecule has 0 bridgehead atoms. The van der Waals surface area contributed by atoms with Crippen molar-refractivity contribution in [2.75, 3.05) is 7.11 Å². The minimum absolute atomic E-state index is 0.176. The van der Waals surface area contributed by atoms with E-state index in [2.05, 4.69) is 9.97 Å². The number of phenolic OH excluding ortho intramolecular Hbond substituents is 1. The molecule has 5 heteroatoms. The maximum absolute atomic E-state index is 11.7. The van der Waals surface area contributed by atoms with Gasteiger partial charge >= 0.3 is 5.97 Å². The van der Waals surface area contributed by atoms with Crippen molar-refractivity contribution in [3.63, 3.8) is 0 Å². The lowest BCUT2D eigenvalue weighted by atomic mass is 10.1. The smallest absolute Gasteiger partial charge is 0.319 e. The summed E-state index contributed by atoms with van der Waals surface area (Å²) in [5.74, 6) is 0.557. The van der Waals surface area contributed by atoms with Gasteiger partial charge in [0.2, 0.25) is 0 Å². The van der Waals surface area contributed by atoms with Crippen LogP contribution in [0.5, 0.6) is 5.75 Å². The normalized spacial score (nSPS) is 17.0. The molecule has 0 spiro atoms. The molecule has 0 aliphatic heterocycles. The number of hydrogen-bond donors (Lipinski definition) is 2. The average molecular weight is 232 g/mol. The second-order valence-corrected chi connectivity index (χ2v) is 4.36. The molecule has 3 rings (SSSR count). The van der Waals surface area contributed by atoms with Crippen LogP contribution in [-0.2, 0) is 14.9 Å². The molecular formula is C12H12N2O3. The van der Waals surface area contributed by atoms with Gasteiger partial charge in [0.05, 0.1) is 18.1 Å². The van der Waals surface area contributed by atoms with E-state index in [-0.39, 0.29) is 11.7 Å². The van der Waals surface area contributed by atoms with Crippen molar-refractivity contribution in [2.45, 2.75) is 18.3 Å². The number of benzene rings is 1. The van der Waals surface area contributed by atoms with E-state index in [0.717, 1.165) is 23.9 Å². The number of ether oxygens (including phenoxy) is 1. The zero-order chi connectivity index (χ0) is 12.0. The lowest BCUT2D eigenvalue weighted by Crippen LogP contribution is -2.23. The number of methoxy groups -OCH3 is 1. The number of carbonyl (C=O) groups excluding carboxylic acids is 1. The molecule has 2 aromatic rings. The Labute approximate surface area is 97.4 Å². The molecule has 1 aliphatic carbocycles. The summed E-state index contributed by atoms with van der Waals surface area (Å²) in [6.07, 6.45) is 1.51. The summed E-state index contributed by atoms with van der Waals surface area (Å²) in [6, 6.07) is 4.89. The minimum Gasteiger partial charge on any atom is -0.508 e. The molecule has 1 saturated carbocycles. The van der Waals surface area contributed by atoms with Crippen molar-refractivity contribution in [3.8, 4) is 5.75 Å². The molecule has 2 N–H and O–H groups in total. The topological polar surface area (TPSA) is 75.2 Å². The maximum atomic E-state index is 11.7. The number of aromatic amines is 1. The molecule has 0 radical (unpaired) electrons. The van der Waals surface area contributed by atoms with E-state index in [1.165, 1.54) is 7.11 Å². The number of rotatable bonds is 2. The van der Waals surface area contributed by atoms with Gasteiger partial charge in [0.25, 0.3) is 0 Å². The highest BCUT2D eigenvalue weighted by Gasteiger charge is 2.55. The Morgan fingerprint density at radius 1 is 1.53 bits per heavy atom. The molecule has 0 atom stereocenters. The Balaban J connectivity index is 2.10. The molecule has 88 valence electrons. The van der Waals surface area contributed by atoms with E-state index in [9.17, 15) is 9.90 Å². The van der Waals surface area contributed by atoms with Gasteiger partial charge in [-0.25, -0.2) is 4.98 Å². The third-order valence-electron chi connectivity index (χ3n) is 3.24. The Bertz CT molecular complexity index is 599. The molecule has 1 aliphatic rings. The fraction of sp³-hybridized carbons (Fsp3) is 0.333. The van der Waals surface area contributed by atoms with Crippen molar-refractivity contribution in [3.05, 3.63) is 24.0 Å². The first-order chi connectivity index (χ1) is 8.15. The summed E-state index contributed by atoms with van der Waals surface area (Å²) in [4.78, 5) is 19.2. The second-order valence-electron chi connectivity index (χ2n) is 4.36. The Hall–Kier alpha value is -2.04. The molecule has 5 nitrogen and oxygen atoms in total. The van der Waals surface area contributed by atoms with Crippen molar-refractivity contribution in [2.24, 2.45) is 0 Å². The van der Waals surface area contributed by atoms with Gasteiger partial charge in [-0.3, -0.25) is 4.79 Å². The summed E-state index contributed by atoms with van der Waals surface area (Å²) in [5, 5.41) is 9.37. The Morgan fingerprint density at radius 3 is 2.94 bits per heavy atom. The second kappa shape index (κ2) is 3.23. The third kappa shape index (κ3) is 1.39. The molecule has 17 heavy (non-hydrogen) atoms. The van der Waals surface area contributed by atoms with Crippen LogP contribution < -0.4 is 0 Å². The molecule has 1 aromatic carbocycles. The van der Waals surface area contributed by atoms with Gasteiger partial charge in [-0.15, -0.1) is 0 Å². The van der Waals surface area contributed by atoms with Gasteiger partial charge in [-0.1, -0.05) is 0 Å². The number of phenols is 1. The van der Waals surface area contributed by atoms with Crippen LogP contribution in [-0.4, -0.2) is 28.2 Å². The van der Waals surface area contributed by atoms with E-state index in [1.807, 2.05) is 0 Å². The molecular weight excluding hydrogens is 220 g/mol. The molecule has 1 aromatic heterocycles. The number of imidazole rings is 1. The van der Waals surface area contributed by atoms with Crippen LogP contribution in [0, 0.1) is 0 Å². The summed E-state index contributed by atoms with van der Waals surface area (Å²) < 4.78 is 4.80. The molecule has 0 amide bonds. The van der Waals surface area contributed by atoms with Crippen LogP contribution in [0.1, 0.15) is 18.7 Å². The van der Waals surface area contributed by atoms with Crippen molar-refractivity contribution in [1.82, 2.24) is 9.97 Å². The predicted molar refractivity (Wildman–Crippen MR) is 60.7 cm³/mol. The van der Waals surface area contributed by atoms with Gasteiger partial charge < -0.3 is 14.8 Å². The number of nitrogens with zero attached hydrogens (tertiary/aromatic N) is 1. The van der Waals surface area contributed by atoms with Crippen LogP contribution in [0.2, 0.25) is 0 Å². The number of carbonyl (C=O) groups is 1. The van der Waals surface area contributed by atoms with Gasteiger partial charge in [0, 0.05) is 6.07 Å². The molecule has 1 fully saturated rings. The quantitative estimate of drug-likeness (QED) is 0.769. The standard InChI is InChI=1S/C12H12N2O3/c1-17-11(16)12(4-5-12)10-13-8-3-2-7(15)6-9(8)14-10/h2-3,6,15H,4-5H2,1H3,(H,13,14). The minimum atomic E-state index is -0.594. The number of H-pyrrole nitrogens is 1. The predicted octanol–water partition coefficient (Wildman–Crippen LogP) is 1.47. The van der Waals surface area contributed by atoms with Crippen LogP contribution >= 0.6 is 0 Å². The average Bonchev–Trinajstić information content (AvgIpc) is 3.03. The number of esters is 1. The number of fused-ring (bicyclic) bond motifs is 1. The van der Waals surface area contributed by atoms with Gasteiger partial charge in [0.15, 0.2) is 0 Å².